The smallest absolute Gasteiger partial charge is 0.271 e. The van der Waals surface area contributed by atoms with Crippen molar-refractivity contribution in [3.63, 3.8) is 0 Å². The summed E-state index contributed by atoms with van der Waals surface area (Å²) >= 11 is 19.5. The van der Waals surface area contributed by atoms with Gasteiger partial charge in [-0.15, -0.1) is 11.3 Å². The fraction of sp³-hybridized carbons (Fsp3) is 0.0645. The number of carbonyl (C=O) groups excluding carboxylic acids is 1. The number of anilines is 2. The largest absolute Gasteiger partial charge is 0.493 e. The van der Waals surface area contributed by atoms with E-state index in [1.165, 1.54) is 17.6 Å². The molecule has 0 atom stereocenters. The standard InChI is InChI=1S/C31H23Cl3N4O3S/c1-40-29-15-19(3-13-28(29)41-17-20-2-12-25(33)26(34)14-20)16-35-38-30(39)22-6-4-21(5-7-22)27-18-42-31(37-27)36-24-10-8-23(32)9-11-24/h2-16,18H,17H2,1H3,(H,36,37)(H,38,39)/b35-16-. The van der Waals surface area contributed by atoms with Crippen LogP contribution in [0.3, 0.4) is 0 Å². The number of thiazole rings is 1. The average Bonchev–Trinajstić information content (AvgIpc) is 3.47. The number of methoxy groups -OCH3 is 1. The SMILES string of the molecule is COc1cc(/C=N\NC(=O)c2ccc(-c3csc(Nc4ccc(Cl)cc4)n3)cc2)ccc1OCc1ccc(Cl)c(Cl)c1. The molecule has 1 amide bonds. The molecular formula is C31H23Cl3N4O3S. The Balaban J connectivity index is 1.16. The molecule has 0 aliphatic rings. The van der Waals surface area contributed by atoms with Gasteiger partial charge in [0.25, 0.3) is 5.91 Å². The van der Waals surface area contributed by atoms with E-state index in [9.17, 15) is 4.79 Å². The number of rotatable bonds is 10. The summed E-state index contributed by atoms with van der Waals surface area (Å²) in [4.78, 5) is 17.3. The van der Waals surface area contributed by atoms with Gasteiger partial charge in [-0.05, 0) is 77.9 Å². The normalized spacial score (nSPS) is 11.0. The molecule has 5 rings (SSSR count). The van der Waals surface area contributed by atoms with Crippen molar-refractivity contribution in [2.75, 3.05) is 12.4 Å². The maximum atomic E-state index is 12.6. The summed E-state index contributed by atoms with van der Waals surface area (Å²) < 4.78 is 11.3. The lowest BCUT2D eigenvalue weighted by Gasteiger charge is -2.11. The first-order chi connectivity index (χ1) is 20.4. The highest BCUT2D eigenvalue weighted by atomic mass is 35.5. The number of halogens is 3. The van der Waals surface area contributed by atoms with E-state index in [-0.39, 0.29) is 5.91 Å². The predicted molar refractivity (Wildman–Crippen MR) is 171 cm³/mol. The second kappa shape index (κ2) is 13.7. The van der Waals surface area contributed by atoms with Crippen LogP contribution >= 0.6 is 46.1 Å². The van der Waals surface area contributed by atoms with Gasteiger partial charge >= 0.3 is 0 Å². The van der Waals surface area contributed by atoms with Crippen molar-refractivity contribution in [3.05, 3.63) is 122 Å². The van der Waals surface area contributed by atoms with Crippen molar-refractivity contribution >= 4 is 69.1 Å². The van der Waals surface area contributed by atoms with E-state index in [2.05, 4.69) is 20.8 Å². The lowest BCUT2D eigenvalue weighted by atomic mass is 10.1. The molecule has 0 radical (unpaired) electrons. The molecule has 1 aromatic heterocycles. The predicted octanol–water partition coefficient (Wildman–Crippen LogP) is 8.87. The van der Waals surface area contributed by atoms with Crippen molar-refractivity contribution in [2.24, 2.45) is 5.10 Å². The van der Waals surface area contributed by atoms with Crippen LogP contribution < -0.4 is 20.2 Å². The van der Waals surface area contributed by atoms with E-state index >= 15 is 0 Å². The lowest BCUT2D eigenvalue weighted by Crippen LogP contribution is -2.17. The second-order valence-electron chi connectivity index (χ2n) is 8.89. The summed E-state index contributed by atoms with van der Waals surface area (Å²) in [5.74, 6) is 0.738. The maximum absolute atomic E-state index is 12.6. The number of nitrogens with one attached hydrogen (secondary N) is 2. The highest BCUT2D eigenvalue weighted by Gasteiger charge is 2.10. The molecule has 212 valence electrons. The fourth-order valence-electron chi connectivity index (χ4n) is 3.82. The van der Waals surface area contributed by atoms with Crippen molar-refractivity contribution in [2.45, 2.75) is 6.61 Å². The Labute approximate surface area is 261 Å². The van der Waals surface area contributed by atoms with Crippen molar-refractivity contribution in [1.29, 1.82) is 0 Å². The summed E-state index contributed by atoms with van der Waals surface area (Å²) in [6.45, 7) is 0.291. The van der Waals surface area contributed by atoms with Crippen LogP contribution in [0.1, 0.15) is 21.5 Å². The van der Waals surface area contributed by atoms with Crippen LogP contribution in [0.2, 0.25) is 15.1 Å². The molecule has 0 spiro atoms. The molecule has 0 aliphatic heterocycles. The zero-order chi connectivity index (χ0) is 29.5. The van der Waals surface area contributed by atoms with Crippen molar-refractivity contribution in [3.8, 4) is 22.8 Å². The zero-order valence-corrected chi connectivity index (χ0v) is 25.2. The highest BCUT2D eigenvalue weighted by Crippen LogP contribution is 2.30. The quantitative estimate of drug-likeness (QED) is 0.118. The summed E-state index contributed by atoms with van der Waals surface area (Å²) in [7, 11) is 1.55. The molecule has 42 heavy (non-hydrogen) atoms. The summed E-state index contributed by atoms with van der Waals surface area (Å²) in [5.41, 5.74) is 7.21. The lowest BCUT2D eigenvalue weighted by molar-refractivity contribution is 0.0955. The second-order valence-corrected chi connectivity index (χ2v) is 11.0. The fourth-order valence-corrected chi connectivity index (χ4v) is 5.00. The summed E-state index contributed by atoms with van der Waals surface area (Å²) in [6.07, 6.45) is 1.53. The van der Waals surface area contributed by atoms with Crippen molar-refractivity contribution < 1.29 is 14.3 Å². The molecule has 0 unspecified atom stereocenters. The van der Waals surface area contributed by atoms with Crippen LogP contribution in [0.4, 0.5) is 10.8 Å². The van der Waals surface area contributed by atoms with Gasteiger partial charge in [0.1, 0.15) is 6.61 Å². The third-order valence-corrected chi connectivity index (χ3v) is 7.74. The average molecular weight is 638 g/mol. The molecule has 0 fully saturated rings. The minimum atomic E-state index is -0.338. The van der Waals surface area contributed by atoms with Gasteiger partial charge in [-0.25, -0.2) is 10.4 Å². The Morgan fingerprint density at radius 2 is 1.71 bits per heavy atom. The number of hydrazone groups is 1. The number of hydrogen-bond donors (Lipinski definition) is 2. The topological polar surface area (TPSA) is 84.8 Å². The monoisotopic (exact) mass is 636 g/mol. The first-order valence-corrected chi connectivity index (χ1v) is 14.6. The highest BCUT2D eigenvalue weighted by molar-refractivity contribution is 7.14. The number of hydrogen-bond acceptors (Lipinski definition) is 7. The molecule has 0 aliphatic carbocycles. The van der Waals surface area contributed by atoms with E-state index in [4.69, 9.17) is 44.3 Å². The molecular weight excluding hydrogens is 615 g/mol. The van der Waals surface area contributed by atoms with Crippen molar-refractivity contribution in [1.82, 2.24) is 10.4 Å². The van der Waals surface area contributed by atoms with Crippen LogP contribution in [-0.2, 0) is 6.61 Å². The van der Waals surface area contributed by atoms with E-state index in [1.54, 1.807) is 49.6 Å². The first kappa shape index (κ1) is 29.4. The minimum Gasteiger partial charge on any atom is -0.493 e. The molecule has 5 aromatic rings. The Bertz CT molecular complexity index is 1720. The van der Waals surface area contributed by atoms with Crippen LogP contribution in [-0.4, -0.2) is 24.2 Å². The van der Waals surface area contributed by atoms with Gasteiger partial charge in [0.05, 0.1) is 29.1 Å². The van der Waals surface area contributed by atoms with E-state index in [0.29, 0.717) is 38.7 Å². The number of benzene rings is 4. The Morgan fingerprint density at radius 1 is 0.929 bits per heavy atom. The first-order valence-electron chi connectivity index (χ1n) is 12.5. The van der Waals surface area contributed by atoms with Crippen LogP contribution in [0.15, 0.2) is 95.4 Å². The van der Waals surface area contributed by atoms with Crippen LogP contribution in [0.5, 0.6) is 11.5 Å². The minimum absolute atomic E-state index is 0.291. The van der Waals surface area contributed by atoms with Gasteiger partial charge in [0.2, 0.25) is 0 Å². The Morgan fingerprint density at radius 3 is 2.45 bits per heavy atom. The molecule has 7 nitrogen and oxygen atoms in total. The molecule has 2 N–H and O–H groups in total. The molecule has 0 saturated heterocycles. The van der Waals surface area contributed by atoms with Gasteiger partial charge in [-0.3, -0.25) is 4.79 Å². The summed E-state index contributed by atoms with van der Waals surface area (Å²) in [6, 6.07) is 25.2. The number of carbonyl (C=O) groups is 1. The van der Waals surface area contributed by atoms with Gasteiger partial charge in [-0.1, -0.05) is 53.0 Å². The Hall–Kier alpha value is -4.08. The molecule has 0 bridgehead atoms. The summed E-state index contributed by atoms with van der Waals surface area (Å²) in [5, 5.41) is 11.7. The molecule has 11 heteroatoms. The molecule has 0 saturated carbocycles. The van der Waals surface area contributed by atoms with E-state index in [1.807, 2.05) is 47.8 Å². The Kier molecular flexibility index (Phi) is 9.61. The van der Waals surface area contributed by atoms with Gasteiger partial charge < -0.3 is 14.8 Å². The zero-order valence-electron chi connectivity index (χ0n) is 22.1. The molecule has 1 heterocycles. The maximum Gasteiger partial charge on any atom is 0.271 e. The number of ether oxygens (including phenoxy) is 2. The number of aromatic nitrogens is 1. The van der Waals surface area contributed by atoms with Gasteiger partial charge in [0, 0.05) is 27.2 Å². The third-order valence-electron chi connectivity index (χ3n) is 5.99. The number of nitrogens with zero attached hydrogens (tertiary/aromatic N) is 2. The molecule has 4 aromatic carbocycles. The van der Waals surface area contributed by atoms with Crippen LogP contribution in [0.25, 0.3) is 11.3 Å². The van der Waals surface area contributed by atoms with Gasteiger partial charge in [-0.2, -0.15) is 5.10 Å². The third kappa shape index (κ3) is 7.60. The van der Waals surface area contributed by atoms with Crippen LogP contribution in [0, 0.1) is 0 Å². The number of amides is 1. The van der Waals surface area contributed by atoms with E-state index < -0.39 is 0 Å². The van der Waals surface area contributed by atoms with E-state index in [0.717, 1.165) is 33.2 Å². The van der Waals surface area contributed by atoms with Gasteiger partial charge in [0.15, 0.2) is 16.6 Å².